The monoisotopic (exact) mass is 708 g/mol. The molecule has 1 unspecified atom stereocenters. The largest absolute Gasteiger partial charge is 0.441 e. The number of aromatic amines is 2. The molecule has 6 aromatic rings. The van der Waals surface area contributed by atoms with Crippen LogP contribution in [-0.2, 0) is 4.79 Å². The lowest BCUT2D eigenvalue weighted by atomic mass is 10.0. The Morgan fingerprint density at radius 2 is 1.26 bits per heavy atom. The molecule has 2 aliphatic heterocycles. The summed E-state index contributed by atoms with van der Waals surface area (Å²) in [5.41, 5.74) is 7.13. The number of nitrogens with zero attached hydrogens (tertiary/aromatic N) is 6. The summed E-state index contributed by atoms with van der Waals surface area (Å²) in [6, 6.07) is 26.4. The first-order valence-electron chi connectivity index (χ1n) is 18.6. The highest BCUT2D eigenvalue weighted by molar-refractivity contribution is 5.90. The lowest BCUT2D eigenvalue weighted by molar-refractivity contribution is -0.138. The van der Waals surface area contributed by atoms with Crippen LogP contribution in [0.25, 0.3) is 33.6 Å². The van der Waals surface area contributed by atoms with E-state index >= 15 is 0 Å². The number of carbonyl (C=O) groups excluding carboxylic acids is 2. The predicted molar refractivity (Wildman–Crippen MR) is 202 cm³/mol. The number of carbonyl (C=O) groups is 2. The number of H-pyrrole nitrogens is 2. The summed E-state index contributed by atoms with van der Waals surface area (Å²) >= 11 is 0. The van der Waals surface area contributed by atoms with Crippen LogP contribution < -0.4 is 0 Å². The van der Waals surface area contributed by atoms with Crippen LogP contribution in [0.15, 0.2) is 108 Å². The molecule has 2 N–H and O–H groups in total. The molecular formula is C42H44N8O3. The van der Waals surface area contributed by atoms with Crippen LogP contribution in [0.2, 0.25) is 0 Å². The number of aromatic nitrogens is 5. The zero-order valence-electron chi connectivity index (χ0n) is 30.1. The smallest absolute Gasteiger partial charge is 0.310 e. The van der Waals surface area contributed by atoms with Gasteiger partial charge in [0.15, 0.2) is 0 Å². The van der Waals surface area contributed by atoms with Crippen LogP contribution in [0.5, 0.6) is 0 Å². The molecule has 0 radical (unpaired) electrons. The number of oxazole rings is 1. The maximum Gasteiger partial charge on any atom is 0.310 e. The van der Waals surface area contributed by atoms with Crippen LogP contribution >= 0.6 is 0 Å². The molecule has 0 saturated carbocycles. The maximum absolute atomic E-state index is 14.2. The first-order valence-corrected chi connectivity index (χ1v) is 18.6. The number of hydrogen-bond donors (Lipinski definition) is 2. The van der Waals surface area contributed by atoms with E-state index in [4.69, 9.17) is 9.40 Å². The summed E-state index contributed by atoms with van der Waals surface area (Å²) in [5.74, 6) is 1.63. The van der Waals surface area contributed by atoms with Gasteiger partial charge in [-0.2, -0.15) is 0 Å². The summed E-state index contributed by atoms with van der Waals surface area (Å²) in [6.45, 7) is 7.19. The minimum Gasteiger partial charge on any atom is -0.441 e. The van der Waals surface area contributed by atoms with Crippen LogP contribution in [-0.4, -0.2) is 77.6 Å². The molecule has 0 bridgehead atoms. The molecule has 270 valence electrons. The first-order chi connectivity index (χ1) is 26.0. The number of likely N-dealkylation sites (N-methyl/N-ethyl adjacent to an activating group) is 1. The van der Waals surface area contributed by atoms with E-state index in [1.165, 1.54) is 12.5 Å². The SMILES string of the molecule is CCN(CC)C(C(=O)N1CCC[C@H]1c1ncc(-c2ccc(-c3ccc(-c4cnc([C@@H]5CCCN5C(=O)c5ncco5)[nH]4)cc3)cc2)[nH]1)c1ccccc1. The molecule has 2 amide bonds. The Balaban J connectivity index is 0.940. The Kier molecular flexibility index (Phi) is 9.73. The minimum atomic E-state index is -0.314. The van der Waals surface area contributed by atoms with E-state index in [9.17, 15) is 9.59 Å². The molecule has 11 nitrogen and oxygen atoms in total. The predicted octanol–water partition coefficient (Wildman–Crippen LogP) is 7.85. The normalized spacial score (nSPS) is 17.9. The summed E-state index contributed by atoms with van der Waals surface area (Å²) < 4.78 is 5.25. The van der Waals surface area contributed by atoms with Gasteiger partial charge in [0.1, 0.15) is 24.0 Å². The van der Waals surface area contributed by atoms with Crippen molar-refractivity contribution in [2.45, 2.75) is 57.7 Å². The second kappa shape index (κ2) is 15.0. The van der Waals surface area contributed by atoms with Gasteiger partial charge in [-0.15, -0.1) is 0 Å². The van der Waals surface area contributed by atoms with Crippen molar-refractivity contribution >= 4 is 11.8 Å². The Labute approximate surface area is 309 Å². The van der Waals surface area contributed by atoms with E-state index in [2.05, 4.69) is 99.3 Å². The maximum atomic E-state index is 14.2. The third-order valence-corrected chi connectivity index (χ3v) is 10.7. The minimum absolute atomic E-state index is 0.0830. The molecule has 2 fully saturated rings. The topological polar surface area (TPSA) is 127 Å². The van der Waals surface area contributed by atoms with Gasteiger partial charge in [-0.1, -0.05) is 92.7 Å². The highest BCUT2D eigenvalue weighted by Gasteiger charge is 2.38. The molecule has 0 spiro atoms. The Bertz CT molecular complexity index is 2140. The zero-order valence-corrected chi connectivity index (χ0v) is 30.1. The van der Waals surface area contributed by atoms with Crippen LogP contribution in [0.4, 0.5) is 0 Å². The molecule has 5 heterocycles. The van der Waals surface area contributed by atoms with Crippen molar-refractivity contribution in [1.82, 2.24) is 39.6 Å². The number of amides is 2. The van der Waals surface area contributed by atoms with Gasteiger partial charge >= 0.3 is 5.91 Å². The number of rotatable bonds is 11. The zero-order chi connectivity index (χ0) is 36.3. The van der Waals surface area contributed by atoms with Crippen molar-refractivity contribution in [2.24, 2.45) is 0 Å². The van der Waals surface area contributed by atoms with Gasteiger partial charge in [0.05, 0.1) is 42.1 Å². The summed E-state index contributed by atoms with van der Waals surface area (Å²) in [4.78, 5) is 53.7. The summed E-state index contributed by atoms with van der Waals surface area (Å²) in [5, 5.41) is 0. The van der Waals surface area contributed by atoms with Gasteiger partial charge in [0.2, 0.25) is 5.91 Å². The van der Waals surface area contributed by atoms with Gasteiger partial charge in [-0.3, -0.25) is 14.5 Å². The van der Waals surface area contributed by atoms with Gasteiger partial charge in [-0.25, -0.2) is 15.0 Å². The second-order valence-corrected chi connectivity index (χ2v) is 13.7. The highest BCUT2D eigenvalue weighted by atomic mass is 16.4. The third kappa shape index (κ3) is 6.80. The fourth-order valence-corrected chi connectivity index (χ4v) is 7.94. The van der Waals surface area contributed by atoms with Gasteiger partial charge in [-0.05, 0) is 66.6 Å². The highest BCUT2D eigenvalue weighted by Crippen LogP contribution is 2.36. The lowest BCUT2D eigenvalue weighted by Gasteiger charge is -2.34. The number of imidazole rings is 2. The molecule has 8 rings (SSSR count). The number of benzene rings is 3. The molecular weight excluding hydrogens is 665 g/mol. The van der Waals surface area contributed by atoms with Gasteiger partial charge in [0, 0.05) is 13.1 Å². The van der Waals surface area contributed by atoms with E-state index in [1.807, 2.05) is 35.5 Å². The average molecular weight is 709 g/mol. The van der Waals surface area contributed by atoms with E-state index < -0.39 is 0 Å². The van der Waals surface area contributed by atoms with E-state index in [0.29, 0.717) is 6.54 Å². The van der Waals surface area contributed by atoms with Crippen LogP contribution in [0.1, 0.15) is 85.6 Å². The second-order valence-electron chi connectivity index (χ2n) is 13.7. The molecule has 53 heavy (non-hydrogen) atoms. The molecule has 2 saturated heterocycles. The molecule has 0 aliphatic carbocycles. The lowest BCUT2D eigenvalue weighted by Crippen LogP contribution is -2.43. The number of likely N-dealkylation sites (tertiary alicyclic amines) is 2. The Morgan fingerprint density at radius 3 is 1.79 bits per heavy atom. The van der Waals surface area contributed by atoms with Crippen LogP contribution in [0, 0.1) is 0 Å². The van der Waals surface area contributed by atoms with Crippen molar-refractivity contribution in [3.63, 3.8) is 0 Å². The molecule has 3 aromatic heterocycles. The van der Waals surface area contributed by atoms with Crippen molar-refractivity contribution < 1.29 is 14.0 Å². The number of hydrogen-bond acceptors (Lipinski definition) is 7. The van der Waals surface area contributed by atoms with E-state index in [-0.39, 0.29) is 35.8 Å². The fraction of sp³-hybridized carbons (Fsp3) is 0.310. The Morgan fingerprint density at radius 1 is 0.736 bits per heavy atom. The molecule has 3 atom stereocenters. The van der Waals surface area contributed by atoms with Crippen molar-refractivity contribution in [2.75, 3.05) is 26.2 Å². The van der Waals surface area contributed by atoms with Crippen LogP contribution in [0.3, 0.4) is 0 Å². The van der Waals surface area contributed by atoms with Crippen molar-refractivity contribution in [3.8, 4) is 33.6 Å². The molecule has 2 aliphatic rings. The molecule has 3 aromatic carbocycles. The number of nitrogens with one attached hydrogen (secondary N) is 2. The summed E-state index contributed by atoms with van der Waals surface area (Å²) in [6.07, 6.45) is 10.2. The quantitative estimate of drug-likeness (QED) is 0.140. The van der Waals surface area contributed by atoms with Crippen molar-refractivity contribution in [1.29, 1.82) is 0 Å². The average Bonchev–Trinajstić information content (AvgIpc) is 4.06. The molecule has 11 heteroatoms. The fourth-order valence-electron chi connectivity index (χ4n) is 7.94. The summed E-state index contributed by atoms with van der Waals surface area (Å²) in [7, 11) is 0. The van der Waals surface area contributed by atoms with E-state index in [0.717, 1.165) is 96.2 Å². The first kappa shape index (κ1) is 34.3. The Hall–Kier alpha value is -5.81. The van der Waals surface area contributed by atoms with Crippen molar-refractivity contribution in [3.05, 3.63) is 127 Å². The van der Waals surface area contributed by atoms with Gasteiger partial charge in [0.25, 0.3) is 5.89 Å². The van der Waals surface area contributed by atoms with E-state index in [1.54, 1.807) is 4.90 Å². The third-order valence-electron chi connectivity index (χ3n) is 10.7. The standard InChI is InChI=1S/C42H44N8O3/c1-3-48(4-2)37(32-10-6-5-7-11-32)41(51)49-23-8-12-35(49)38-44-26-33(46-38)30-18-14-28(15-19-30)29-16-20-31(21-17-29)34-27-45-39(47-34)36-13-9-24-50(36)42(52)40-43-22-25-53-40/h5-7,10-11,14-22,25-27,35-37H,3-4,8-9,12-13,23-24H2,1-2H3,(H,44,46)(H,45,47)/t35-,36-,37?/m0/s1. The van der Waals surface area contributed by atoms with Gasteiger partial charge < -0.3 is 24.2 Å².